The smallest absolute Gasteiger partial charge is 0.199 e. The van der Waals surface area contributed by atoms with Gasteiger partial charge in [0.1, 0.15) is 5.57 Å². The van der Waals surface area contributed by atoms with Gasteiger partial charge in [-0.15, -0.1) is 0 Å². The molecule has 3 nitrogen and oxygen atoms in total. The number of aryl methyl sites for hydroxylation is 1. The molecule has 0 saturated heterocycles. The Morgan fingerprint density at radius 1 is 0.786 bits per heavy atom. The van der Waals surface area contributed by atoms with Gasteiger partial charge >= 0.3 is 0 Å². The second-order valence-corrected chi connectivity index (χ2v) is 7.73. The van der Waals surface area contributed by atoms with Crippen LogP contribution in [0.25, 0.3) is 0 Å². The average Bonchev–Trinajstić information content (AvgIpc) is 3.04. The van der Waals surface area contributed by atoms with Crippen LogP contribution in [0.3, 0.4) is 0 Å². The second kappa shape index (κ2) is 7.49. The number of hydrogen-bond donors (Lipinski definition) is 0. The van der Waals surface area contributed by atoms with Crippen LogP contribution in [0.5, 0.6) is 0 Å². The van der Waals surface area contributed by atoms with Crippen LogP contribution in [0.15, 0.2) is 94.4 Å². The summed E-state index contributed by atoms with van der Waals surface area (Å²) in [6.45, 7) is 2.04. The Morgan fingerprint density at radius 2 is 1.32 bits per heavy atom. The lowest BCUT2D eigenvalue weighted by Crippen LogP contribution is -2.21. The zero-order valence-corrected chi connectivity index (χ0v) is 16.5. The molecule has 4 rings (SSSR count). The third-order valence-electron chi connectivity index (χ3n) is 4.73. The number of anilines is 1. The highest BCUT2D eigenvalue weighted by molar-refractivity contribution is 8.03. The first-order valence-electron chi connectivity index (χ1n) is 9.02. The van der Waals surface area contributed by atoms with E-state index in [1.807, 2.05) is 67.4 Å². The Kier molecular flexibility index (Phi) is 4.88. The molecule has 4 heteroatoms. The number of Topliss-reactive ketones (excluding diaryl/α,β-unsaturated/α-hetero) is 2. The van der Waals surface area contributed by atoms with Crippen LogP contribution in [0, 0.1) is 6.92 Å². The number of hydrogen-bond acceptors (Lipinski definition) is 4. The number of allylic oxidation sites excluding steroid dienone is 1. The van der Waals surface area contributed by atoms with Crippen molar-refractivity contribution in [3.8, 4) is 0 Å². The first-order valence-corrected chi connectivity index (χ1v) is 9.84. The van der Waals surface area contributed by atoms with Gasteiger partial charge < -0.3 is 4.90 Å². The predicted octanol–water partition coefficient (Wildman–Crippen LogP) is 5.51. The number of thioether (sulfide) groups is 1. The van der Waals surface area contributed by atoms with Crippen LogP contribution in [0.4, 0.5) is 5.69 Å². The molecule has 0 fully saturated rings. The fraction of sp³-hybridized carbons (Fsp3) is 0.0833. The van der Waals surface area contributed by atoms with Gasteiger partial charge in [-0.25, -0.2) is 0 Å². The number of carbonyl (C=O) groups excluding carboxylic acids is 2. The van der Waals surface area contributed by atoms with E-state index >= 15 is 0 Å². The van der Waals surface area contributed by atoms with Gasteiger partial charge in [-0.2, -0.15) is 0 Å². The summed E-state index contributed by atoms with van der Waals surface area (Å²) >= 11 is 1.48. The minimum atomic E-state index is -0.256. The molecule has 138 valence electrons. The van der Waals surface area contributed by atoms with Crippen LogP contribution in [0.2, 0.25) is 0 Å². The van der Waals surface area contributed by atoms with Gasteiger partial charge in [-0.05, 0) is 24.6 Å². The molecule has 0 amide bonds. The molecular formula is C24H19NO2S. The van der Waals surface area contributed by atoms with E-state index in [-0.39, 0.29) is 17.1 Å². The van der Waals surface area contributed by atoms with Crippen LogP contribution in [0.1, 0.15) is 26.3 Å². The Balaban J connectivity index is 1.88. The lowest BCUT2D eigenvalue weighted by atomic mass is 9.96. The van der Waals surface area contributed by atoms with Crippen LogP contribution in [-0.2, 0) is 0 Å². The highest BCUT2D eigenvalue weighted by Crippen LogP contribution is 2.47. The molecule has 1 aliphatic rings. The number of nitrogens with zero attached hydrogens (tertiary/aromatic N) is 1. The third kappa shape index (κ3) is 3.27. The average molecular weight is 385 g/mol. The molecule has 1 heterocycles. The van der Waals surface area contributed by atoms with Crippen LogP contribution in [-0.4, -0.2) is 18.6 Å². The van der Waals surface area contributed by atoms with Crippen molar-refractivity contribution in [1.29, 1.82) is 0 Å². The van der Waals surface area contributed by atoms with Gasteiger partial charge in [-0.3, -0.25) is 9.59 Å². The summed E-state index contributed by atoms with van der Waals surface area (Å²) in [5.41, 5.74) is 3.38. The first kappa shape index (κ1) is 18.3. The zero-order valence-electron chi connectivity index (χ0n) is 15.7. The normalized spacial score (nSPS) is 12.6. The van der Waals surface area contributed by atoms with Gasteiger partial charge in [0, 0.05) is 23.1 Å². The van der Waals surface area contributed by atoms with E-state index in [9.17, 15) is 9.59 Å². The summed E-state index contributed by atoms with van der Waals surface area (Å²) in [5.74, 6) is -0.512. The number of benzene rings is 3. The van der Waals surface area contributed by atoms with E-state index in [4.69, 9.17) is 0 Å². The molecule has 0 unspecified atom stereocenters. The van der Waals surface area contributed by atoms with Gasteiger partial charge in [-0.1, -0.05) is 78.5 Å². The zero-order chi connectivity index (χ0) is 19.7. The summed E-state index contributed by atoms with van der Waals surface area (Å²) in [6.07, 6.45) is 0. The third-order valence-corrected chi connectivity index (χ3v) is 5.95. The van der Waals surface area contributed by atoms with Gasteiger partial charge in [0.2, 0.25) is 0 Å². The summed E-state index contributed by atoms with van der Waals surface area (Å²) in [5, 5.41) is 0.670. The minimum Gasteiger partial charge on any atom is -0.337 e. The number of fused-ring (bicyclic) bond motifs is 1. The van der Waals surface area contributed by atoms with E-state index in [1.165, 1.54) is 11.8 Å². The van der Waals surface area contributed by atoms with Crippen molar-refractivity contribution in [2.75, 3.05) is 11.9 Å². The molecule has 0 bridgehead atoms. The van der Waals surface area contributed by atoms with Crippen molar-refractivity contribution >= 4 is 29.0 Å². The molecule has 0 aromatic heterocycles. The van der Waals surface area contributed by atoms with E-state index in [2.05, 4.69) is 6.07 Å². The largest absolute Gasteiger partial charge is 0.337 e. The molecule has 3 aromatic carbocycles. The number of carbonyl (C=O) groups is 2. The van der Waals surface area contributed by atoms with E-state index in [0.717, 1.165) is 16.1 Å². The van der Waals surface area contributed by atoms with Crippen molar-refractivity contribution in [2.45, 2.75) is 11.8 Å². The van der Waals surface area contributed by atoms with Gasteiger partial charge in [0.25, 0.3) is 0 Å². The summed E-state index contributed by atoms with van der Waals surface area (Å²) < 4.78 is 0. The van der Waals surface area contributed by atoms with Crippen LogP contribution >= 0.6 is 11.8 Å². The number of ketones is 2. The van der Waals surface area contributed by atoms with Crippen molar-refractivity contribution < 1.29 is 9.59 Å². The quantitative estimate of drug-likeness (QED) is 0.257. The molecule has 0 atom stereocenters. The summed E-state index contributed by atoms with van der Waals surface area (Å²) in [7, 11) is 1.90. The Morgan fingerprint density at radius 3 is 1.86 bits per heavy atom. The van der Waals surface area contributed by atoms with Crippen molar-refractivity contribution in [3.63, 3.8) is 0 Å². The van der Waals surface area contributed by atoms with E-state index < -0.39 is 0 Å². The van der Waals surface area contributed by atoms with Gasteiger partial charge in [0.15, 0.2) is 11.6 Å². The Bertz CT molecular complexity index is 1030. The molecule has 3 aromatic rings. The molecule has 0 N–H and O–H groups in total. The maximum atomic E-state index is 13.4. The summed E-state index contributed by atoms with van der Waals surface area (Å²) in [4.78, 5) is 29.8. The lowest BCUT2D eigenvalue weighted by Gasteiger charge is -2.17. The minimum absolute atomic E-state index is 0.207. The van der Waals surface area contributed by atoms with E-state index in [1.54, 1.807) is 24.3 Å². The fourth-order valence-corrected chi connectivity index (χ4v) is 4.53. The molecule has 1 aliphatic heterocycles. The molecule has 0 radical (unpaired) electrons. The maximum absolute atomic E-state index is 13.4. The van der Waals surface area contributed by atoms with E-state index in [0.29, 0.717) is 16.2 Å². The van der Waals surface area contributed by atoms with Crippen molar-refractivity contribution in [3.05, 3.63) is 106 Å². The Labute approximate surface area is 168 Å². The Hall–Kier alpha value is -3.11. The predicted molar refractivity (Wildman–Crippen MR) is 114 cm³/mol. The van der Waals surface area contributed by atoms with Crippen LogP contribution < -0.4 is 4.90 Å². The fourth-order valence-electron chi connectivity index (χ4n) is 3.25. The lowest BCUT2D eigenvalue weighted by molar-refractivity contribution is 0.0961. The topological polar surface area (TPSA) is 37.4 Å². The number of rotatable bonds is 4. The molecule has 0 spiro atoms. The summed E-state index contributed by atoms with van der Waals surface area (Å²) in [6, 6.07) is 24.1. The second-order valence-electron chi connectivity index (χ2n) is 6.70. The first-order chi connectivity index (χ1) is 13.6. The van der Waals surface area contributed by atoms with Crippen molar-refractivity contribution in [2.24, 2.45) is 0 Å². The van der Waals surface area contributed by atoms with Crippen molar-refractivity contribution in [1.82, 2.24) is 0 Å². The molecule has 0 aliphatic carbocycles. The molecule has 28 heavy (non-hydrogen) atoms. The molecule has 0 saturated carbocycles. The van der Waals surface area contributed by atoms with Gasteiger partial charge in [0.05, 0.1) is 10.7 Å². The highest BCUT2D eigenvalue weighted by atomic mass is 32.2. The highest BCUT2D eigenvalue weighted by Gasteiger charge is 2.32. The monoisotopic (exact) mass is 385 g/mol. The maximum Gasteiger partial charge on any atom is 0.199 e. The molecular weight excluding hydrogens is 366 g/mol. The SMILES string of the molecule is Cc1ccc2c(c1)SC(=C(C(=O)c1ccccc1)C(=O)c1ccccc1)N2C. The standard InChI is InChI=1S/C24H19NO2S/c1-16-13-14-19-20(15-16)28-24(25(19)2)21(22(26)17-9-5-3-6-10-17)23(27)18-11-7-4-8-12-18/h3-15H,1-2H3.